The molecule has 0 heterocycles. The quantitative estimate of drug-likeness (QED) is 0.831. The molecule has 0 bridgehead atoms. The lowest BCUT2D eigenvalue weighted by atomic mass is 9.95. The Labute approximate surface area is 168 Å². The first-order valence-electron chi connectivity index (χ1n) is 8.58. The van der Waals surface area contributed by atoms with Crippen LogP contribution in [0.1, 0.15) is 41.2 Å². The van der Waals surface area contributed by atoms with Crippen molar-refractivity contribution >= 4 is 33.0 Å². The van der Waals surface area contributed by atoms with Crippen LogP contribution in [0.5, 0.6) is 0 Å². The molecule has 0 unspecified atom stereocenters. The normalized spacial score (nSPS) is 14.4. The van der Waals surface area contributed by atoms with E-state index in [1.165, 1.54) is 12.1 Å². The molecule has 1 aliphatic carbocycles. The predicted molar refractivity (Wildman–Crippen MR) is 108 cm³/mol. The SMILES string of the molecule is CC1=C(CC(=O)O)c2cc(C#N)c(C#N)cc2C1=Cc1ccc(S(C)(=O)=O)cc1. The number of allylic oxidation sites excluding steroid dienone is 2. The summed E-state index contributed by atoms with van der Waals surface area (Å²) in [5, 5.41) is 28.0. The van der Waals surface area contributed by atoms with Gasteiger partial charge in [-0.15, -0.1) is 0 Å². The minimum atomic E-state index is -3.31. The first kappa shape index (κ1) is 20.1. The Hall–Kier alpha value is -3.68. The lowest BCUT2D eigenvalue weighted by molar-refractivity contribution is -0.135. The van der Waals surface area contributed by atoms with E-state index < -0.39 is 15.8 Å². The van der Waals surface area contributed by atoms with E-state index in [0.29, 0.717) is 16.7 Å². The highest BCUT2D eigenvalue weighted by Gasteiger charge is 2.27. The smallest absolute Gasteiger partial charge is 0.307 e. The van der Waals surface area contributed by atoms with Gasteiger partial charge in [0.2, 0.25) is 0 Å². The lowest BCUT2D eigenvalue weighted by Crippen LogP contribution is -1.98. The summed E-state index contributed by atoms with van der Waals surface area (Å²) in [5.74, 6) is -0.994. The maximum Gasteiger partial charge on any atom is 0.307 e. The van der Waals surface area contributed by atoms with Gasteiger partial charge >= 0.3 is 5.97 Å². The van der Waals surface area contributed by atoms with Crippen LogP contribution >= 0.6 is 0 Å². The van der Waals surface area contributed by atoms with Crippen LogP contribution in [0.4, 0.5) is 0 Å². The summed E-state index contributed by atoms with van der Waals surface area (Å²) in [5.41, 5.74) is 4.53. The summed E-state index contributed by atoms with van der Waals surface area (Å²) >= 11 is 0. The Morgan fingerprint density at radius 1 is 1.07 bits per heavy atom. The Kier molecular flexibility index (Phi) is 5.11. The van der Waals surface area contributed by atoms with Crippen LogP contribution in [0.15, 0.2) is 46.9 Å². The van der Waals surface area contributed by atoms with Crippen molar-refractivity contribution in [1.82, 2.24) is 0 Å². The molecule has 0 fully saturated rings. The van der Waals surface area contributed by atoms with Crippen LogP contribution in [0.2, 0.25) is 0 Å². The van der Waals surface area contributed by atoms with E-state index in [9.17, 15) is 28.8 Å². The Morgan fingerprint density at radius 2 is 1.62 bits per heavy atom. The molecule has 29 heavy (non-hydrogen) atoms. The van der Waals surface area contributed by atoms with E-state index in [-0.39, 0.29) is 22.4 Å². The average Bonchev–Trinajstić information content (AvgIpc) is 2.91. The number of nitrogens with zero attached hydrogens (tertiary/aromatic N) is 2. The second kappa shape index (κ2) is 7.38. The van der Waals surface area contributed by atoms with Crippen molar-refractivity contribution in [2.45, 2.75) is 18.2 Å². The zero-order valence-electron chi connectivity index (χ0n) is 15.7. The standard InChI is InChI=1S/C22H16N2O4S/c1-13-18(7-14-3-5-17(6-4-14)29(2,27)28)20-8-15(11-23)16(12-24)9-21(20)19(13)10-22(25)26/h3-9H,10H2,1-2H3,(H,25,26). The molecule has 3 rings (SSSR count). The maximum atomic E-state index is 11.6. The van der Waals surface area contributed by atoms with Crippen LogP contribution in [-0.4, -0.2) is 25.7 Å². The molecule has 0 aliphatic heterocycles. The van der Waals surface area contributed by atoms with Gasteiger partial charge in [-0.3, -0.25) is 4.79 Å². The third kappa shape index (κ3) is 3.82. The van der Waals surface area contributed by atoms with Gasteiger partial charge in [0.25, 0.3) is 0 Å². The van der Waals surface area contributed by atoms with E-state index in [1.54, 1.807) is 31.2 Å². The van der Waals surface area contributed by atoms with Crippen LogP contribution < -0.4 is 0 Å². The number of rotatable bonds is 4. The number of sulfone groups is 1. The first-order valence-corrected chi connectivity index (χ1v) is 10.5. The molecule has 0 aromatic heterocycles. The van der Waals surface area contributed by atoms with Crippen molar-refractivity contribution in [3.63, 3.8) is 0 Å². The second-order valence-electron chi connectivity index (χ2n) is 6.74. The molecule has 144 valence electrons. The van der Waals surface area contributed by atoms with Crippen LogP contribution in [0.25, 0.3) is 17.2 Å². The number of benzene rings is 2. The number of aliphatic carboxylic acids is 1. The minimum absolute atomic E-state index is 0.195. The van der Waals surface area contributed by atoms with Gasteiger partial charge in [0.1, 0.15) is 12.1 Å². The van der Waals surface area contributed by atoms with Crippen molar-refractivity contribution in [1.29, 1.82) is 10.5 Å². The van der Waals surface area contributed by atoms with Crippen LogP contribution in [0.3, 0.4) is 0 Å². The number of carboxylic acids is 1. The molecular formula is C22H16N2O4S. The third-order valence-electron chi connectivity index (χ3n) is 4.82. The summed E-state index contributed by atoms with van der Waals surface area (Å²) < 4.78 is 23.3. The van der Waals surface area contributed by atoms with Crippen LogP contribution in [-0.2, 0) is 14.6 Å². The van der Waals surface area contributed by atoms with Gasteiger partial charge in [0.05, 0.1) is 22.4 Å². The second-order valence-corrected chi connectivity index (χ2v) is 8.76. The highest BCUT2D eigenvalue weighted by Crippen LogP contribution is 2.44. The van der Waals surface area contributed by atoms with Crippen molar-refractivity contribution < 1.29 is 18.3 Å². The summed E-state index contributed by atoms with van der Waals surface area (Å²) in [7, 11) is -3.31. The number of hydrogen-bond acceptors (Lipinski definition) is 5. The third-order valence-corrected chi connectivity index (χ3v) is 5.95. The summed E-state index contributed by atoms with van der Waals surface area (Å²) in [6, 6.07) is 13.5. The predicted octanol–water partition coefficient (Wildman–Crippen LogP) is 3.64. The van der Waals surface area contributed by atoms with Gasteiger partial charge in [0.15, 0.2) is 9.84 Å². The monoisotopic (exact) mass is 404 g/mol. The van der Waals surface area contributed by atoms with E-state index in [0.717, 1.165) is 23.0 Å². The number of nitriles is 2. The average molecular weight is 404 g/mol. The number of hydrogen-bond donors (Lipinski definition) is 1. The van der Waals surface area contributed by atoms with Crippen molar-refractivity contribution in [2.24, 2.45) is 0 Å². The first-order chi connectivity index (χ1) is 13.7. The topological polar surface area (TPSA) is 119 Å². The summed E-state index contributed by atoms with van der Waals surface area (Å²) in [4.78, 5) is 11.6. The van der Waals surface area contributed by atoms with E-state index >= 15 is 0 Å². The highest BCUT2D eigenvalue weighted by molar-refractivity contribution is 7.90. The molecule has 0 spiro atoms. The molecular weight excluding hydrogens is 388 g/mol. The number of carboxylic acid groups (broad SMARTS) is 1. The summed E-state index contributed by atoms with van der Waals surface area (Å²) in [6.07, 6.45) is 2.75. The molecule has 0 saturated heterocycles. The molecule has 2 aromatic rings. The Bertz CT molecular complexity index is 1290. The van der Waals surface area contributed by atoms with E-state index in [1.807, 2.05) is 18.2 Å². The molecule has 1 aliphatic rings. The van der Waals surface area contributed by atoms with E-state index in [4.69, 9.17) is 0 Å². The largest absolute Gasteiger partial charge is 0.481 e. The molecule has 1 N–H and O–H groups in total. The van der Waals surface area contributed by atoms with Crippen molar-refractivity contribution in [2.75, 3.05) is 6.26 Å². The molecule has 2 aromatic carbocycles. The zero-order valence-corrected chi connectivity index (χ0v) is 16.5. The fourth-order valence-electron chi connectivity index (χ4n) is 3.37. The van der Waals surface area contributed by atoms with Gasteiger partial charge < -0.3 is 5.11 Å². The van der Waals surface area contributed by atoms with Gasteiger partial charge in [0, 0.05) is 6.26 Å². The van der Waals surface area contributed by atoms with Gasteiger partial charge in [-0.25, -0.2) is 8.42 Å². The molecule has 0 amide bonds. The number of carbonyl (C=O) groups is 1. The molecule has 0 radical (unpaired) electrons. The minimum Gasteiger partial charge on any atom is -0.481 e. The Morgan fingerprint density at radius 3 is 2.10 bits per heavy atom. The fourth-order valence-corrected chi connectivity index (χ4v) is 4.00. The molecule has 0 saturated carbocycles. The Balaban J connectivity index is 2.21. The molecule has 6 nitrogen and oxygen atoms in total. The van der Waals surface area contributed by atoms with Crippen molar-refractivity contribution in [3.8, 4) is 12.1 Å². The maximum absolute atomic E-state index is 11.6. The van der Waals surface area contributed by atoms with Crippen LogP contribution in [0, 0.1) is 22.7 Å². The zero-order chi connectivity index (χ0) is 21.3. The molecule has 0 atom stereocenters. The van der Waals surface area contributed by atoms with Crippen molar-refractivity contribution in [3.05, 3.63) is 69.8 Å². The fraction of sp³-hybridized carbons (Fsp3) is 0.136. The highest BCUT2D eigenvalue weighted by atomic mass is 32.2. The lowest BCUT2D eigenvalue weighted by Gasteiger charge is -2.07. The molecule has 7 heteroatoms. The number of fused-ring (bicyclic) bond motifs is 1. The van der Waals surface area contributed by atoms with E-state index in [2.05, 4.69) is 0 Å². The summed E-state index contributed by atoms with van der Waals surface area (Å²) in [6.45, 7) is 1.80. The van der Waals surface area contributed by atoms with Gasteiger partial charge in [-0.1, -0.05) is 12.1 Å². The van der Waals surface area contributed by atoms with Gasteiger partial charge in [-0.05, 0) is 70.7 Å². The van der Waals surface area contributed by atoms with Gasteiger partial charge in [-0.2, -0.15) is 10.5 Å².